The second-order valence-corrected chi connectivity index (χ2v) is 4.22. The van der Waals surface area contributed by atoms with Crippen molar-refractivity contribution in [3.05, 3.63) is 54.4 Å². The predicted octanol–water partition coefficient (Wildman–Crippen LogP) is 4.15. The van der Waals surface area contributed by atoms with E-state index in [1.54, 1.807) is 18.5 Å². The van der Waals surface area contributed by atoms with Gasteiger partial charge in [-0.05, 0) is 36.8 Å². The molecular formula is C14H13F3N2O. The highest BCUT2D eigenvalue weighted by Crippen LogP contribution is 2.26. The van der Waals surface area contributed by atoms with Gasteiger partial charge in [0.25, 0.3) is 0 Å². The number of pyridine rings is 1. The number of anilines is 1. The Morgan fingerprint density at radius 2 is 1.85 bits per heavy atom. The average molecular weight is 282 g/mol. The average Bonchev–Trinajstić information content (AvgIpc) is 2.38. The van der Waals surface area contributed by atoms with Gasteiger partial charge in [-0.2, -0.15) is 0 Å². The molecule has 0 radical (unpaired) electrons. The number of benzene rings is 1. The quantitative estimate of drug-likeness (QED) is 0.914. The van der Waals surface area contributed by atoms with Gasteiger partial charge in [0.15, 0.2) is 0 Å². The zero-order valence-corrected chi connectivity index (χ0v) is 10.7. The van der Waals surface area contributed by atoms with E-state index in [1.165, 1.54) is 18.2 Å². The molecule has 1 atom stereocenters. The minimum atomic E-state index is -4.69. The van der Waals surface area contributed by atoms with E-state index in [4.69, 9.17) is 0 Å². The Bertz CT molecular complexity index is 558. The van der Waals surface area contributed by atoms with E-state index in [1.807, 2.05) is 19.1 Å². The van der Waals surface area contributed by atoms with Crippen LogP contribution in [0.2, 0.25) is 0 Å². The molecule has 0 aliphatic carbocycles. The van der Waals surface area contributed by atoms with Crippen LogP contribution in [0.1, 0.15) is 18.5 Å². The van der Waals surface area contributed by atoms with E-state index in [9.17, 15) is 13.2 Å². The third-order valence-electron chi connectivity index (χ3n) is 2.66. The van der Waals surface area contributed by atoms with Crippen molar-refractivity contribution < 1.29 is 17.9 Å². The van der Waals surface area contributed by atoms with Gasteiger partial charge in [0.05, 0.1) is 0 Å². The normalized spacial score (nSPS) is 12.8. The lowest BCUT2D eigenvalue weighted by atomic mass is 10.1. The number of nitrogens with one attached hydrogen (secondary N) is 1. The molecule has 2 rings (SSSR count). The first-order chi connectivity index (χ1) is 9.44. The van der Waals surface area contributed by atoms with Gasteiger partial charge in [-0.3, -0.25) is 4.98 Å². The number of rotatable bonds is 4. The summed E-state index contributed by atoms with van der Waals surface area (Å²) in [5.74, 6) is -0.246. The van der Waals surface area contributed by atoms with Crippen LogP contribution in [-0.4, -0.2) is 11.3 Å². The summed E-state index contributed by atoms with van der Waals surface area (Å²) in [6.07, 6.45) is -1.36. The first-order valence-corrected chi connectivity index (χ1v) is 5.96. The van der Waals surface area contributed by atoms with Crippen LogP contribution < -0.4 is 10.1 Å². The van der Waals surface area contributed by atoms with E-state index in [0.717, 1.165) is 5.56 Å². The number of hydrogen-bond acceptors (Lipinski definition) is 3. The molecule has 0 bridgehead atoms. The molecule has 0 fully saturated rings. The van der Waals surface area contributed by atoms with Crippen LogP contribution in [0.25, 0.3) is 0 Å². The Labute approximate surface area is 114 Å². The monoisotopic (exact) mass is 282 g/mol. The highest BCUT2D eigenvalue weighted by molar-refractivity contribution is 5.49. The molecule has 1 aromatic heterocycles. The SMILES string of the molecule is CC(Nc1cccc(OC(F)(F)F)c1)c1ccncc1. The Balaban J connectivity index is 2.08. The first kappa shape index (κ1) is 14.2. The Morgan fingerprint density at radius 1 is 1.15 bits per heavy atom. The fraction of sp³-hybridized carbons (Fsp3) is 0.214. The molecule has 0 amide bonds. The second-order valence-electron chi connectivity index (χ2n) is 4.22. The van der Waals surface area contributed by atoms with Gasteiger partial charge in [0.1, 0.15) is 5.75 Å². The van der Waals surface area contributed by atoms with Crippen LogP contribution in [-0.2, 0) is 0 Å². The molecule has 106 valence electrons. The lowest BCUT2D eigenvalue weighted by Crippen LogP contribution is -2.17. The third-order valence-corrected chi connectivity index (χ3v) is 2.66. The molecule has 6 heteroatoms. The van der Waals surface area contributed by atoms with Crippen molar-refractivity contribution in [3.63, 3.8) is 0 Å². The van der Waals surface area contributed by atoms with Gasteiger partial charge in [-0.15, -0.1) is 13.2 Å². The summed E-state index contributed by atoms with van der Waals surface area (Å²) < 4.78 is 40.3. The lowest BCUT2D eigenvalue weighted by Gasteiger charge is -2.16. The zero-order valence-electron chi connectivity index (χ0n) is 10.7. The lowest BCUT2D eigenvalue weighted by molar-refractivity contribution is -0.274. The smallest absolute Gasteiger partial charge is 0.406 e. The van der Waals surface area contributed by atoms with E-state index in [2.05, 4.69) is 15.0 Å². The molecular weight excluding hydrogens is 269 g/mol. The van der Waals surface area contributed by atoms with E-state index in [0.29, 0.717) is 5.69 Å². The summed E-state index contributed by atoms with van der Waals surface area (Å²) in [4.78, 5) is 3.92. The number of halogens is 3. The molecule has 3 nitrogen and oxygen atoms in total. The van der Waals surface area contributed by atoms with Crippen LogP contribution in [0, 0.1) is 0 Å². The van der Waals surface area contributed by atoms with Crippen LogP contribution in [0.15, 0.2) is 48.8 Å². The molecule has 0 aliphatic rings. The molecule has 1 aromatic carbocycles. The van der Waals surface area contributed by atoms with Crippen molar-refractivity contribution in [3.8, 4) is 5.75 Å². The summed E-state index contributed by atoms with van der Waals surface area (Å²) in [6.45, 7) is 1.91. The molecule has 0 spiro atoms. The molecule has 0 aliphatic heterocycles. The zero-order chi connectivity index (χ0) is 14.6. The van der Waals surface area contributed by atoms with Gasteiger partial charge in [0, 0.05) is 30.2 Å². The largest absolute Gasteiger partial charge is 0.573 e. The molecule has 1 heterocycles. The fourth-order valence-electron chi connectivity index (χ4n) is 1.77. The van der Waals surface area contributed by atoms with Crippen LogP contribution in [0.4, 0.5) is 18.9 Å². The maximum Gasteiger partial charge on any atom is 0.573 e. The molecule has 0 saturated heterocycles. The van der Waals surface area contributed by atoms with Crippen molar-refractivity contribution in [2.45, 2.75) is 19.3 Å². The maximum absolute atomic E-state index is 12.2. The number of nitrogens with zero attached hydrogens (tertiary/aromatic N) is 1. The maximum atomic E-state index is 12.2. The van der Waals surface area contributed by atoms with Gasteiger partial charge in [0.2, 0.25) is 0 Å². The van der Waals surface area contributed by atoms with Gasteiger partial charge in [-0.25, -0.2) is 0 Å². The van der Waals surface area contributed by atoms with Crippen molar-refractivity contribution in [2.75, 3.05) is 5.32 Å². The molecule has 1 N–H and O–H groups in total. The van der Waals surface area contributed by atoms with Crippen molar-refractivity contribution >= 4 is 5.69 Å². The van der Waals surface area contributed by atoms with Crippen molar-refractivity contribution in [2.24, 2.45) is 0 Å². The van der Waals surface area contributed by atoms with E-state index < -0.39 is 6.36 Å². The Hall–Kier alpha value is -2.24. The van der Waals surface area contributed by atoms with E-state index in [-0.39, 0.29) is 11.8 Å². The summed E-state index contributed by atoms with van der Waals surface area (Å²) in [7, 11) is 0. The minimum Gasteiger partial charge on any atom is -0.406 e. The predicted molar refractivity (Wildman–Crippen MR) is 69.4 cm³/mol. The molecule has 20 heavy (non-hydrogen) atoms. The Morgan fingerprint density at radius 3 is 2.50 bits per heavy atom. The van der Waals surface area contributed by atoms with Gasteiger partial charge < -0.3 is 10.1 Å². The minimum absolute atomic E-state index is 0.0564. The van der Waals surface area contributed by atoms with Crippen molar-refractivity contribution in [1.29, 1.82) is 0 Å². The molecule has 0 saturated carbocycles. The van der Waals surface area contributed by atoms with Gasteiger partial charge >= 0.3 is 6.36 Å². The van der Waals surface area contributed by atoms with Gasteiger partial charge in [-0.1, -0.05) is 6.07 Å². The van der Waals surface area contributed by atoms with Crippen LogP contribution in [0.5, 0.6) is 5.75 Å². The summed E-state index contributed by atoms with van der Waals surface area (Å²) in [5.41, 5.74) is 1.54. The van der Waals surface area contributed by atoms with Crippen molar-refractivity contribution in [1.82, 2.24) is 4.98 Å². The number of ether oxygens (including phenoxy) is 1. The highest BCUT2D eigenvalue weighted by atomic mass is 19.4. The Kier molecular flexibility index (Phi) is 4.12. The molecule has 2 aromatic rings. The molecule has 1 unspecified atom stereocenters. The summed E-state index contributed by atoms with van der Waals surface area (Å²) >= 11 is 0. The standard InChI is InChI=1S/C14H13F3N2O/c1-10(11-5-7-18-8-6-11)19-12-3-2-4-13(9-12)20-14(15,16)17/h2-10,19H,1H3. The number of alkyl halides is 3. The second kappa shape index (κ2) is 5.81. The topological polar surface area (TPSA) is 34.1 Å². The summed E-state index contributed by atoms with van der Waals surface area (Å²) in [6, 6.07) is 9.38. The third kappa shape index (κ3) is 4.15. The highest BCUT2D eigenvalue weighted by Gasteiger charge is 2.31. The fourth-order valence-corrected chi connectivity index (χ4v) is 1.77. The van der Waals surface area contributed by atoms with Crippen LogP contribution in [0.3, 0.4) is 0 Å². The number of aromatic nitrogens is 1. The first-order valence-electron chi connectivity index (χ1n) is 5.96. The van der Waals surface area contributed by atoms with Crippen LogP contribution >= 0.6 is 0 Å². The summed E-state index contributed by atoms with van der Waals surface area (Å²) in [5, 5.41) is 3.11. The van der Waals surface area contributed by atoms with E-state index >= 15 is 0 Å². The number of hydrogen-bond donors (Lipinski definition) is 1.